The van der Waals surface area contributed by atoms with Crippen LogP contribution in [0.25, 0.3) is 22.0 Å². The molecule has 9 nitrogen and oxygen atoms in total. The minimum Gasteiger partial charge on any atom is -1.00 e. The molecule has 37 heavy (non-hydrogen) atoms. The predicted octanol–water partition coefficient (Wildman–Crippen LogP) is 2.02. The zero-order valence-corrected chi connectivity index (χ0v) is 22.5. The molecule has 2 aromatic carbocycles. The Morgan fingerprint density at radius 3 is 2.49 bits per heavy atom. The molecule has 1 aromatic heterocycles. The Labute approximate surface area is 226 Å². The third-order valence-electron chi connectivity index (χ3n) is 6.78. The number of halogens is 1. The van der Waals surface area contributed by atoms with Crippen molar-refractivity contribution in [1.29, 1.82) is 0 Å². The van der Waals surface area contributed by atoms with Gasteiger partial charge < -0.3 is 40.8 Å². The first-order chi connectivity index (χ1) is 17.6. The zero-order valence-electron chi connectivity index (χ0n) is 20.9. The number of nitrogens with zero attached hydrogens (tertiary/aromatic N) is 2. The lowest BCUT2D eigenvalue weighted by Gasteiger charge is -2.18. The quantitative estimate of drug-likeness (QED) is 0.141. The molecule has 0 fully saturated rings. The van der Waals surface area contributed by atoms with Crippen LogP contribution in [0.4, 0.5) is 0 Å². The molecule has 5 rings (SSSR count). The van der Waals surface area contributed by atoms with E-state index < -0.39 is 5.09 Å². The molecule has 0 N–H and O–H groups in total. The van der Waals surface area contributed by atoms with Crippen LogP contribution in [0.2, 0.25) is 0 Å². The van der Waals surface area contributed by atoms with Gasteiger partial charge in [0.2, 0.25) is 12.5 Å². The van der Waals surface area contributed by atoms with Crippen molar-refractivity contribution in [2.24, 2.45) is 0 Å². The topological polar surface area (TPSA) is 93.2 Å². The summed E-state index contributed by atoms with van der Waals surface area (Å²) in [5.41, 5.74) is 3.60. The summed E-state index contributed by atoms with van der Waals surface area (Å²) in [6.07, 6.45) is 8.80. The van der Waals surface area contributed by atoms with Gasteiger partial charge in [-0.05, 0) is 48.1 Å². The van der Waals surface area contributed by atoms with Crippen molar-refractivity contribution in [1.82, 2.24) is 0 Å². The average Bonchev–Trinajstić information content (AvgIpc) is 3.34. The van der Waals surface area contributed by atoms with Crippen molar-refractivity contribution in [2.45, 2.75) is 51.5 Å². The fourth-order valence-electron chi connectivity index (χ4n) is 4.93. The van der Waals surface area contributed by atoms with Crippen molar-refractivity contribution in [2.75, 3.05) is 27.1 Å². The molecule has 10 heteroatoms. The van der Waals surface area contributed by atoms with Crippen LogP contribution in [0.15, 0.2) is 36.5 Å². The van der Waals surface area contributed by atoms with Crippen LogP contribution >= 0.6 is 0 Å². The SMILES string of the molecule is COc1ccc2cc3[n+](cc2c1OCCCCCCCCO[N+](=O)[O-])CCc1cc2c(cc1-3)OCO2.[Br-]. The lowest BCUT2D eigenvalue weighted by Crippen LogP contribution is -3.00. The Morgan fingerprint density at radius 2 is 1.73 bits per heavy atom. The fraction of sp³-hybridized carbons (Fsp3) is 0.444. The van der Waals surface area contributed by atoms with Gasteiger partial charge in [0.1, 0.15) is 0 Å². The Kier molecular flexibility index (Phi) is 8.91. The standard InChI is InChI=1S/C27H31N2O7.BrH/c1-32-24-9-8-19-14-23-21-16-26-25(34-18-35-26)15-20(21)10-11-28(23)17-22(19)27(24)33-12-6-4-2-3-5-7-13-36-29(30)31;/h8-9,14-17H,2-7,10-13,18H2,1H3;1H/q+1;/p-1. The molecular weight excluding hydrogens is 544 g/mol. The summed E-state index contributed by atoms with van der Waals surface area (Å²) in [4.78, 5) is 14.5. The van der Waals surface area contributed by atoms with Gasteiger partial charge in [0.25, 0.3) is 5.09 Å². The van der Waals surface area contributed by atoms with Crippen LogP contribution < -0.4 is 40.5 Å². The van der Waals surface area contributed by atoms with E-state index in [0.29, 0.717) is 13.0 Å². The highest BCUT2D eigenvalue weighted by Crippen LogP contribution is 2.41. The van der Waals surface area contributed by atoms with Gasteiger partial charge in [-0.2, -0.15) is 4.57 Å². The molecule has 0 saturated carbocycles. The summed E-state index contributed by atoms with van der Waals surface area (Å²) in [6, 6.07) is 10.4. The molecule has 0 saturated heterocycles. The number of rotatable bonds is 12. The second-order valence-electron chi connectivity index (χ2n) is 9.09. The summed E-state index contributed by atoms with van der Waals surface area (Å²) >= 11 is 0. The van der Waals surface area contributed by atoms with Crippen molar-refractivity contribution in [3.8, 4) is 34.3 Å². The summed E-state index contributed by atoms with van der Waals surface area (Å²) in [6.45, 7) is 1.93. The highest BCUT2D eigenvalue weighted by Gasteiger charge is 2.28. The van der Waals surface area contributed by atoms with Crippen molar-refractivity contribution < 1.29 is 50.4 Å². The third-order valence-corrected chi connectivity index (χ3v) is 6.78. The molecule has 0 spiro atoms. The van der Waals surface area contributed by atoms with Crippen LogP contribution in [-0.2, 0) is 17.8 Å². The smallest absolute Gasteiger partial charge is 0.294 e. The lowest BCUT2D eigenvalue weighted by atomic mass is 9.95. The molecule has 0 amide bonds. The van der Waals surface area contributed by atoms with Crippen LogP contribution in [0.3, 0.4) is 0 Å². The monoisotopic (exact) mass is 574 g/mol. The first-order valence-corrected chi connectivity index (χ1v) is 12.5. The van der Waals surface area contributed by atoms with Gasteiger partial charge >= 0.3 is 0 Å². The third kappa shape index (κ3) is 6.01. The predicted molar refractivity (Wildman–Crippen MR) is 132 cm³/mol. The largest absolute Gasteiger partial charge is 1.00 e. The number of pyridine rings is 1. The summed E-state index contributed by atoms with van der Waals surface area (Å²) < 4.78 is 25.4. The highest BCUT2D eigenvalue weighted by molar-refractivity contribution is 5.91. The lowest BCUT2D eigenvalue weighted by molar-refractivity contribution is -0.757. The van der Waals surface area contributed by atoms with Crippen LogP contribution in [0.5, 0.6) is 23.0 Å². The summed E-state index contributed by atoms with van der Waals surface area (Å²) in [5.74, 6) is 3.13. The first kappa shape index (κ1) is 26.8. The van der Waals surface area contributed by atoms with E-state index in [2.05, 4.69) is 39.9 Å². The molecule has 0 unspecified atom stereocenters. The fourth-order valence-corrected chi connectivity index (χ4v) is 4.93. The highest BCUT2D eigenvalue weighted by atomic mass is 79.9. The van der Waals surface area contributed by atoms with Gasteiger partial charge in [-0.25, -0.2) is 0 Å². The first-order valence-electron chi connectivity index (χ1n) is 12.5. The second kappa shape index (κ2) is 12.3. The molecule has 3 heterocycles. The number of fused-ring (bicyclic) bond motifs is 5. The van der Waals surface area contributed by atoms with Crippen molar-refractivity contribution in [3.63, 3.8) is 0 Å². The van der Waals surface area contributed by atoms with Gasteiger partial charge in [-0.15, -0.1) is 10.1 Å². The summed E-state index contributed by atoms with van der Waals surface area (Å²) in [7, 11) is 1.67. The number of benzene rings is 2. The molecule has 2 aliphatic rings. The van der Waals surface area contributed by atoms with E-state index in [1.807, 2.05) is 6.07 Å². The van der Waals surface area contributed by atoms with Crippen molar-refractivity contribution >= 4 is 10.8 Å². The molecule has 2 aliphatic heterocycles. The van der Waals surface area contributed by atoms with E-state index in [0.717, 1.165) is 84.5 Å². The Bertz CT molecular complexity index is 1270. The van der Waals surface area contributed by atoms with Crippen LogP contribution in [0.1, 0.15) is 44.1 Å². The van der Waals surface area contributed by atoms with Gasteiger partial charge in [-0.3, -0.25) is 0 Å². The molecule has 0 aliphatic carbocycles. The molecule has 0 radical (unpaired) electrons. The molecule has 0 bridgehead atoms. The maximum atomic E-state index is 10.2. The molecular formula is C27H31BrN2O7. The van der Waals surface area contributed by atoms with E-state index in [1.165, 1.54) is 11.1 Å². The Balaban J connectivity index is 0.00000320. The number of hydrogen-bond donors (Lipinski definition) is 0. The Hall–Kier alpha value is -3.27. The average molecular weight is 575 g/mol. The van der Waals surface area contributed by atoms with Crippen LogP contribution in [0, 0.1) is 10.1 Å². The minimum absolute atomic E-state index is 0. The number of methoxy groups -OCH3 is 1. The van der Waals surface area contributed by atoms with E-state index in [1.54, 1.807) is 7.11 Å². The minimum atomic E-state index is -0.734. The second-order valence-corrected chi connectivity index (χ2v) is 9.09. The zero-order chi connectivity index (χ0) is 24.9. The van der Waals surface area contributed by atoms with Crippen LogP contribution in [-0.4, -0.2) is 32.2 Å². The van der Waals surface area contributed by atoms with E-state index in [-0.39, 0.29) is 30.4 Å². The molecule has 3 aromatic rings. The number of ether oxygens (including phenoxy) is 4. The maximum Gasteiger partial charge on any atom is 0.294 e. The van der Waals surface area contributed by atoms with E-state index in [9.17, 15) is 10.1 Å². The van der Waals surface area contributed by atoms with Crippen molar-refractivity contribution in [3.05, 3.63) is 52.2 Å². The van der Waals surface area contributed by atoms with Gasteiger partial charge in [0, 0.05) is 12.5 Å². The number of hydrogen-bond acceptors (Lipinski definition) is 7. The molecule has 0 atom stereocenters. The van der Waals surface area contributed by atoms with Gasteiger partial charge in [-0.1, -0.05) is 25.7 Å². The van der Waals surface area contributed by atoms with E-state index in [4.69, 9.17) is 18.9 Å². The summed E-state index contributed by atoms with van der Waals surface area (Å²) in [5, 5.41) is 11.6. The maximum absolute atomic E-state index is 10.2. The van der Waals surface area contributed by atoms with E-state index >= 15 is 0 Å². The number of unbranched alkanes of at least 4 members (excludes halogenated alkanes) is 5. The van der Waals surface area contributed by atoms with Gasteiger partial charge in [0.15, 0.2) is 35.7 Å². The Morgan fingerprint density at radius 1 is 1.00 bits per heavy atom. The van der Waals surface area contributed by atoms with Gasteiger partial charge in [0.05, 0.1) is 31.3 Å². The number of aromatic nitrogens is 1. The normalized spacial score (nSPS) is 12.9. The molecule has 198 valence electrons. The number of aryl methyl sites for hydroxylation is 2.